The monoisotopic (exact) mass is 198 g/mol. The summed E-state index contributed by atoms with van der Waals surface area (Å²) in [5.41, 5.74) is 0. The third kappa shape index (κ3) is 2.99. The fraction of sp³-hybridized carbons (Fsp3) is 0.375. The number of nitrogens with zero attached hydrogens (tertiary/aromatic N) is 4. The van der Waals surface area contributed by atoms with Crippen LogP contribution in [0.4, 0.5) is 5.82 Å². The number of hydrogen-bond acceptors (Lipinski definition) is 3. The van der Waals surface area contributed by atoms with E-state index in [-0.39, 0.29) is 0 Å². The molecule has 0 saturated heterocycles. The molecule has 0 spiro atoms. The average molecular weight is 199 g/mol. The molecule has 5 heteroatoms. The molecule has 0 amide bonds. The van der Waals surface area contributed by atoms with E-state index < -0.39 is 0 Å². The van der Waals surface area contributed by atoms with Gasteiger partial charge in [-0.25, -0.2) is 4.99 Å². The minimum Gasteiger partial charge on any atom is -0.366 e. The van der Waals surface area contributed by atoms with E-state index in [0.29, 0.717) is 11.0 Å². The van der Waals surface area contributed by atoms with Crippen molar-refractivity contribution in [2.75, 3.05) is 14.1 Å². The molecule has 0 radical (unpaired) electrons. The highest BCUT2D eigenvalue weighted by Gasteiger charge is 1.96. The lowest BCUT2D eigenvalue weighted by atomic mass is 10.5. The second kappa shape index (κ2) is 4.18. The van der Waals surface area contributed by atoms with Crippen LogP contribution in [0.5, 0.6) is 0 Å². The largest absolute Gasteiger partial charge is 0.366 e. The summed E-state index contributed by atoms with van der Waals surface area (Å²) in [6, 6.07) is 3.39. The van der Waals surface area contributed by atoms with Crippen LogP contribution < -0.4 is 0 Å². The molecule has 0 atom stereocenters. The van der Waals surface area contributed by atoms with Crippen molar-refractivity contribution in [2.45, 2.75) is 6.92 Å². The van der Waals surface area contributed by atoms with Gasteiger partial charge in [-0.15, -0.1) is 10.2 Å². The zero-order valence-electron chi connectivity index (χ0n) is 7.82. The van der Waals surface area contributed by atoms with Crippen LogP contribution >= 0.6 is 11.6 Å². The van der Waals surface area contributed by atoms with Gasteiger partial charge in [-0.1, -0.05) is 11.6 Å². The van der Waals surface area contributed by atoms with Gasteiger partial charge in [0.15, 0.2) is 11.0 Å². The summed E-state index contributed by atoms with van der Waals surface area (Å²) in [4.78, 5) is 6.11. The van der Waals surface area contributed by atoms with Crippen molar-refractivity contribution in [2.24, 2.45) is 4.99 Å². The lowest BCUT2D eigenvalue weighted by Gasteiger charge is -2.09. The van der Waals surface area contributed by atoms with Crippen LogP contribution in [0.3, 0.4) is 0 Å². The summed E-state index contributed by atoms with van der Waals surface area (Å²) in [7, 11) is 3.84. The van der Waals surface area contributed by atoms with E-state index in [1.54, 1.807) is 12.1 Å². The van der Waals surface area contributed by atoms with Crippen LogP contribution in [0.1, 0.15) is 6.92 Å². The predicted octanol–water partition coefficient (Wildman–Crippen LogP) is 1.74. The highest BCUT2D eigenvalue weighted by Crippen LogP contribution is 2.09. The zero-order chi connectivity index (χ0) is 9.84. The maximum Gasteiger partial charge on any atom is 0.176 e. The van der Waals surface area contributed by atoms with Crippen LogP contribution in [0.25, 0.3) is 0 Å². The van der Waals surface area contributed by atoms with Crippen LogP contribution in [0.2, 0.25) is 5.15 Å². The summed E-state index contributed by atoms with van der Waals surface area (Å²) < 4.78 is 0. The maximum absolute atomic E-state index is 5.58. The standard InChI is InChI=1S/C8H11ClN4/c1-6(13(2)3)10-8-5-4-7(9)11-12-8/h4-5H,1-3H3. The van der Waals surface area contributed by atoms with Gasteiger partial charge < -0.3 is 4.90 Å². The molecule has 0 aliphatic rings. The molecule has 1 heterocycles. The second-order valence-electron chi connectivity index (χ2n) is 2.77. The van der Waals surface area contributed by atoms with Gasteiger partial charge in [0, 0.05) is 14.1 Å². The van der Waals surface area contributed by atoms with Gasteiger partial charge in [0.05, 0.1) is 0 Å². The van der Waals surface area contributed by atoms with Crippen molar-refractivity contribution < 1.29 is 0 Å². The highest BCUT2D eigenvalue weighted by atomic mass is 35.5. The zero-order valence-corrected chi connectivity index (χ0v) is 8.58. The Bertz CT molecular complexity index is 304. The molecule has 0 N–H and O–H groups in total. The first kappa shape index (κ1) is 9.92. The molecular weight excluding hydrogens is 188 g/mol. The minimum absolute atomic E-state index is 0.376. The normalized spacial score (nSPS) is 11.5. The molecule has 0 bridgehead atoms. The molecule has 70 valence electrons. The molecule has 0 fully saturated rings. The summed E-state index contributed by atoms with van der Waals surface area (Å²) in [5.74, 6) is 1.44. The molecule has 13 heavy (non-hydrogen) atoms. The van der Waals surface area contributed by atoms with Crippen molar-refractivity contribution in [1.82, 2.24) is 15.1 Å². The third-order valence-corrected chi connectivity index (χ3v) is 1.74. The number of halogens is 1. The SMILES string of the molecule is CC(=Nc1ccc(Cl)nn1)N(C)C. The summed E-state index contributed by atoms with van der Waals surface area (Å²) in [6.45, 7) is 1.90. The first-order valence-electron chi connectivity index (χ1n) is 3.81. The lowest BCUT2D eigenvalue weighted by Crippen LogP contribution is -2.17. The quantitative estimate of drug-likeness (QED) is 0.510. The van der Waals surface area contributed by atoms with Crippen molar-refractivity contribution in [3.63, 3.8) is 0 Å². The van der Waals surface area contributed by atoms with Gasteiger partial charge in [0.25, 0.3) is 0 Å². The van der Waals surface area contributed by atoms with Gasteiger partial charge in [-0.2, -0.15) is 0 Å². The number of aliphatic imine (C=N–C) groups is 1. The Morgan fingerprint density at radius 3 is 2.54 bits per heavy atom. The predicted molar refractivity (Wildman–Crippen MR) is 53.5 cm³/mol. The Morgan fingerprint density at radius 2 is 2.08 bits per heavy atom. The first-order chi connectivity index (χ1) is 6.09. The molecule has 0 aromatic carbocycles. The topological polar surface area (TPSA) is 41.4 Å². The Morgan fingerprint density at radius 1 is 1.38 bits per heavy atom. The number of aromatic nitrogens is 2. The molecule has 0 aliphatic carbocycles. The van der Waals surface area contributed by atoms with E-state index in [2.05, 4.69) is 15.2 Å². The second-order valence-corrected chi connectivity index (χ2v) is 3.15. The van der Waals surface area contributed by atoms with E-state index in [0.717, 1.165) is 5.84 Å². The smallest absolute Gasteiger partial charge is 0.176 e. The van der Waals surface area contributed by atoms with Crippen molar-refractivity contribution in [1.29, 1.82) is 0 Å². The van der Waals surface area contributed by atoms with E-state index in [1.165, 1.54) is 0 Å². The van der Waals surface area contributed by atoms with Crippen molar-refractivity contribution in [3.8, 4) is 0 Å². The highest BCUT2D eigenvalue weighted by molar-refractivity contribution is 6.29. The molecule has 1 aromatic rings. The Labute approximate surface area is 82.3 Å². The molecule has 1 aromatic heterocycles. The Kier molecular flexibility index (Phi) is 3.19. The van der Waals surface area contributed by atoms with Gasteiger partial charge >= 0.3 is 0 Å². The number of rotatable bonds is 1. The third-order valence-electron chi connectivity index (χ3n) is 1.54. The maximum atomic E-state index is 5.58. The van der Waals surface area contributed by atoms with Crippen LogP contribution in [0.15, 0.2) is 17.1 Å². The van der Waals surface area contributed by atoms with Crippen molar-refractivity contribution in [3.05, 3.63) is 17.3 Å². The first-order valence-corrected chi connectivity index (χ1v) is 4.19. The summed E-state index contributed by atoms with van der Waals surface area (Å²) in [6.07, 6.45) is 0. The molecular formula is C8H11ClN4. The number of hydrogen-bond donors (Lipinski definition) is 0. The average Bonchev–Trinajstić information content (AvgIpc) is 2.08. The molecule has 1 rings (SSSR count). The van der Waals surface area contributed by atoms with Gasteiger partial charge in [-0.05, 0) is 19.1 Å². The van der Waals surface area contributed by atoms with E-state index >= 15 is 0 Å². The number of amidine groups is 1. The van der Waals surface area contributed by atoms with Crippen LogP contribution in [0, 0.1) is 0 Å². The molecule has 0 saturated carbocycles. The van der Waals surface area contributed by atoms with Crippen molar-refractivity contribution >= 4 is 23.3 Å². The Hall–Kier alpha value is -1.16. The van der Waals surface area contributed by atoms with Gasteiger partial charge in [0.2, 0.25) is 0 Å². The van der Waals surface area contributed by atoms with Crippen LogP contribution in [-0.4, -0.2) is 35.0 Å². The summed E-state index contributed by atoms with van der Waals surface area (Å²) >= 11 is 5.58. The molecule has 4 nitrogen and oxygen atoms in total. The fourth-order valence-corrected chi connectivity index (χ4v) is 0.735. The lowest BCUT2D eigenvalue weighted by molar-refractivity contribution is 0.618. The van der Waals surface area contributed by atoms with Crippen LogP contribution in [-0.2, 0) is 0 Å². The van der Waals surface area contributed by atoms with Gasteiger partial charge in [-0.3, -0.25) is 0 Å². The van der Waals surface area contributed by atoms with E-state index in [1.807, 2.05) is 25.9 Å². The minimum atomic E-state index is 0.376. The van der Waals surface area contributed by atoms with E-state index in [4.69, 9.17) is 11.6 Å². The summed E-state index contributed by atoms with van der Waals surface area (Å²) in [5, 5.41) is 7.86. The van der Waals surface area contributed by atoms with Gasteiger partial charge in [0.1, 0.15) is 5.84 Å². The molecule has 0 unspecified atom stereocenters. The Balaban J connectivity index is 2.85. The van der Waals surface area contributed by atoms with E-state index in [9.17, 15) is 0 Å². The fourth-order valence-electron chi connectivity index (χ4n) is 0.634. The molecule has 0 aliphatic heterocycles.